The predicted octanol–water partition coefficient (Wildman–Crippen LogP) is 0.867. The highest BCUT2D eigenvalue weighted by Crippen LogP contribution is 2.15. The molecule has 1 aliphatic rings. The fourth-order valence-corrected chi connectivity index (χ4v) is 2.59. The molecule has 0 saturated carbocycles. The highest BCUT2D eigenvalue weighted by atomic mass is 16.5. The lowest BCUT2D eigenvalue weighted by Crippen LogP contribution is -2.50. The minimum Gasteiger partial charge on any atom is -0.463 e. The van der Waals surface area contributed by atoms with Crippen molar-refractivity contribution in [3.05, 3.63) is 47.2 Å². The summed E-state index contributed by atoms with van der Waals surface area (Å²) in [5.41, 5.74) is 0.730. The van der Waals surface area contributed by atoms with Gasteiger partial charge in [-0.25, -0.2) is 14.4 Å². The number of amides is 3. The summed E-state index contributed by atoms with van der Waals surface area (Å²) in [4.78, 5) is 48.1. The smallest absolute Gasteiger partial charge is 0.338 e. The van der Waals surface area contributed by atoms with Gasteiger partial charge in [0.15, 0.2) is 0 Å². The first kappa shape index (κ1) is 20.9. The van der Waals surface area contributed by atoms with Crippen molar-refractivity contribution < 1.29 is 28.7 Å². The van der Waals surface area contributed by atoms with Gasteiger partial charge in [0.25, 0.3) is 5.91 Å². The Morgan fingerprint density at radius 1 is 1.18 bits per heavy atom. The number of esters is 2. The molecule has 3 N–H and O–H groups in total. The highest BCUT2D eigenvalue weighted by molar-refractivity contribution is 5.97. The number of hydrogen-bond donors (Lipinski definition) is 3. The summed E-state index contributed by atoms with van der Waals surface area (Å²) in [6.07, 6.45) is 0. The van der Waals surface area contributed by atoms with Gasteiger partial charge < -0.3 is 25.4 Å². The maximum absolute atomic E-state index is 12.2. The van der Waals surface area contributed by atoms with Crippen LogP contribution in [0.4, 0.5) is 4.79 Å². The van der Waals surface area contributed by atoms with E-state index in [0.717, 1.165) is 0 Å². The summed E-state index contributed by atoms with van der Waals surface area (Å²) in [5, 5.41) is 7.54. The maximum atomic E-state index is 12.2. The normalized spacial score (nSPS) is 17.1. The van der Waals surface area contributed by atoms with Crippen LogP contribution in [-0.4, -0.2) is 49.2 Å². The van der Waals surface area contributed by atoms with Gasteiger partial charge in [0.05, 0.1) is 23.9 Å². The van der Waals surface area contributed by atoms with Crippen LogP contribution in [0.2, 0.25) is 0 Å². The zero-order valence-corrected chi connectivity index (χ0v) is 15.9. The number of carbonyl (C=O) groups is 4. The molecule has 0 fully saturated rings. The van der Waals surface area contributed by atoms with Gasteiger partial charge in [0.2, 0.25) is 0 Å². The summed E-state index contributed by atoms with van der Waals surface area (Å²) in [5.74, 6) is -1.74. The second-order valence-corrected chi connectivity index (χ2v) is 6.10. The van der Waals surface area contributed by atoms with Crippen molar-refractivity contribution in [2.75, 3.05) is 13.2 Å². The van der Waals surface area contributed by atoms with Crippen LogP contribution in [0.15, 0.2) is 41.6 Å². The summed E-state index contributed by atoms with van der Waals surface area (Å²) >= 11 is 0. The summed E-state index contributed by atoms with van der Waals surface area (Å²) in [7, 11) is 0. The molecule has 28 heavy (non-hydrogen) atoms. The van der Waals surface area contributed by atoms with Gasteiger partial charge >= 0.3 is 18.0 Å². The van der Waals surface area contributed by atoms with Crippen LogP contribution in [0.1, 0.15) is 31.1 Å². The molecule has 9 nitrogen and oxygen atoms in total. The van der Waals surface area contributed by atoms with Crippen molar-refractivity contribution in [3.8, 4) is 0 Å². The molecule has 1 aromatic carbocycles. The Kier molecular flexibility index (Phi) is 7.14. The summed E-state index contributed by atoms with van der Waals surface area (Å²) < 4.78 is 10.2. The molecule has 150 valence electrons. The Balaban J connectivity index is 2.02. The van der Waals surface area contributed by atoms with Gasteiger partial charge in [-0.3, -0.25) is 4.79 Å². The van der Waals surface area contributed by atoms with Crippen LogP contribution >= 0.6 is 0 Å². The largest absolute Gasteiger partial charge is 0.463 e. The monoisotopic (exact) mass is 389 g/mol. The molecule has 0 radical (unpaired) electrons. The molecule has 1 heterocycles. The van der Waals surface area contributed by atoms with E-state index in [1.807, 2.05) is 0 Å². The quantitative estimate of drug-likeness (QED) is 0.595. The van der Waals surface area contributed by atoms with E-state index in [4.69, 9.17) is 9.47 Å². The van der Waals surface area contributed by atoms with E-state index >= 15 is 0 Å². The first-order chi connectivity index (χ1) is 13.3. The molecule has 0 aliphatic carbocycles. The van der Waals surface area contributed by atoms with Gasteiger partial charge in [0, 0.05) is 5.56 Å². The molecular weight excluding hydrogens is 366 g/mol. The second kappa shape index (κ2) is 9.54. The van der Waals surface area contributed by atoms with Gasteiger partial charge in [-0.2, -0.15) is 0 Å². The SMILES string of the molecule is CCOC(=O)C1=C(COC(=O)C(C)NC(=O)c2ccccc2)NC(=O)NC1C. The summed E-state index contributed by atoms with van der Waals surface area (Å²) in [6.45, 7) is 4.59. The fraction of sp³-hybridized carbons (Fsp3) is 0.368. The molecule has 1 aromatic rings. The van der Waals surface area contributed by atoms with Crippen molar-refractivity contribution in [3.63, 3.8) is 0 Å². The van der Waals surface area contributed by atoms with Crippen LogP contribution < -0.4 is 16.0 Å². The lowest BCUT2D eigenvalue weighted by Gasteiger charge is -2.26. The molecule has 2 rings (SSSR count). The Morgan fingerprint density at radius 2 is 1.86 bits per heavy atom. The van der Waals surface area contributed by atoms with Crippen molar-refractivity contribution in [2.45, 2.75) is 32.9 Å². The number of nitrogens with one attached hydrogen (secondary N) is 3. The number of hydrogen-bond acceptors (Lipinski definition) is 6. The number of rotatable bonds is 7. The van der Waals surface area contributed by atoms with Crippen LogP contribution in [0.3, 0.4) is 0 Å². The Bertz CT molecular complexity index is 790. The van der Waals surface area contributed by atoms with E-state index in [2.05, 4.69) is 16.0 Å². The van der Waals surface area contributed by atoms with E-state index in [1.165, 1.54) is 6.92 Å². The third-order valence-corrected chi connectivity index (χ3v) is 3.96. The summed E-state index contributed by atoms with van der Waals surface area (Å²) in [6, 6.07) is 6.40. The third kappa shape index (κ3) is 5.32. The zero-order chi connectivity index (χ0) is 20.7. The van der Waals surface area contributed by atoms with Crippen LogP contribution in [-0.2, 0) is 19.1 Å². The van der Waals surface area contributed by atoms with Crippen molar-refractivity contribution in [1.82, 2.24) is 16.0 Å². The molecule has 0 aromatic heterocycles. The Morgan fingerprint density at radius 3 is 2.50 bits per heavy atom. The van der Waals surface area contributed by atoms with E-state index in [-0.39, 0.29) is 24.5 Å². The van der Waals surface area contributed by atoms with Gasteiger partial charge in [-0.15, -0.1) is 0 Å². The molecule has 0 saturated heterocycles. The fourth-order valence-electron chi connectivity index (χ4n) is 2.59. The van der Waals surface area contributed by atoms with Crippen molar-refractivity contribution >= 4 is 23.9 Å². The Labute approximate surface area is 162 Å². The molecule has 2 unspecified atom stereocenters. The van der Waals surface area contributed by atoms with Crippen LogP contribution in [0, 0.1) is 0 Å². The standard InChI is InChI=1S/C19H23N3O6/c1-4-27-18(25)15-11(2)21-19(26)22-14(15)10-28-17(24)12(3)20-16(23)13-8-6-5-7-9-13/h5-9,11-12H,4,10H2,1-3H3,(H,20,23)(H2,21,22,26). The number of carbonyl (C=O) groups excluding carboxylic acids is 4. The minimum atomic E-state index is -0.922. The molecule has 0 spiro atoms. The first-order valence-electron chi connectivity index (χ1n) is 8.83. The molecule has 3 amide bonds. The van der Waals surface area contributed by atoms with Crippen LogP contribution in [0.25, 0.3) is 0 Å². The lowest BCUT2D eigenvalue weighted by atomic mass is 10.0. The first-order valence-corrected chi connectivity index (χ1v) is 8.83. The third-order valence-electron chi connectivity index (χ3n) is 3.96. The minimum absolute atomic E-state index is 0.143. The van der Waals surface area contributed by atoms with E-state index < -0.39 is 36.0 Å². The van der Waals surface area contributed by atoms with E-state index in [9.17, 15) is 19.2 Å². The van der Waals surface area contributed by atoms with Gasteiger partial charge in [-0.05, 0) is 32.9 Å². The van der Waals surface area contributed by atoms with Gasteiger partial charge in [0.1, 0.15) is 12.6 Å². The second-order valence-electron chi connectivity index (χ2n) is 6.10. The Hall–Kier alpha value is -3.36. The highest BCUT2D eigenvalue weighted by Gasteiger charge is 2.30. The molecule has 9 heteroatoms. The van der Waals surface area contributed by atoms with E-state index in [0.29, 0.717) is 5.56 Å². The predicted molar refractivity (Wildman–Crippen MR) is 99.1 cm³/mol. The average molecular weight is 389 g/mol. The lowest BCUT2D eigenvalue weighted by molar-refractivity contribution is -0.145. The molecule has 2 atom stereocenters. The number of benzene rings is 1. The molecular formula is C19H23N3O6. The van der Waals surface area contributed by atoms with Crippen molar-refractivity contribution in [1.29, 1.82) is 0 Å². The molecule has 0 bridgehead atoms. The molecule has 1 aliphatic heterocycles. The zero-order valence-electron chi connectivity index (χ0n) is 15.9. The number of urea groups is 1. The average Bonchev–Trinajstić information content (AvgIpc) is 2.66. The van der Waals surface area contributed by atoms with Crippen molar-refractivity contribution in [2.24, 2.45) is 0 Å². The number of ether oxygens (including phenoxy) is 2. The van der Waals surface area contributed by atoms with Gasteiger partial charge in [-0.1, -0.05) is 18.2 Å². The van der Waals surface area contributed by atoms with Crippen LogP contribution in [0.5, 0.6) is 0 Å². The van der Waals surface area contributed by atoms with E-state index in [1.54, 1.807) is 44.2 Å². The maximum Gasteiger partial charge on any atom is 0.338 e. The topological polar surface area (TPSA) is 123 Å².